The van der Waals surface area contributed by atoms with Gasteiger partial charge in [-0.05, 0) is 57.9 Å². The van der Waals surface area contributed by atoms with Crippen LogP contribution in [0.15, 0.2) is 24.3 Å². The van der Waals surface area contributed by atoms with Crippen LogP contribution in [0.5, 0.6) is 0 Å². The summed E-state index contributed by atoms with van der Waals surface area (Å²) in [5.41, 5.74) is 2.77. The minimum atomic E-state index is -0.744. The number of benzene rings is 1. The van der Waals surface area contributed by atoms with Crippen LogP contribution >= 0.6 is 11.6 Å². The number of hydrogen-bond donors (Lipinski definition) is 1. The zero-order valence-electron chi connectivity index (χ0n) is 15.7. The molecule has 9 heteroatoms. The van der Waals surface area contributed by atoms with E-state index in [4.69, 9.17) is 25.8 Å². The maximum atomic E-state index is 12.0. The van der Waals surface area contributed by atoms with Gasteiger partial charge >= 0.3 is 18.2 Å². The highest BCUT2D eigenvalue weighted by Gasteiger charge is 2.24. The van der Waals surface area contributed by atoms with Crippen molar-refractivity contribution in [3.63, 3.8) is 0 Å². The lowest BCUT2D eigenvalue weighted by Gasteiger charge is -2.27. The minimum Gasteiger partial charge on any atom is -0.462 e. The molecule has 0 aliphatic carbocycles. The third kappa shape index (κ3) is 8.17. The fourth-order valence-corrected chi connectivity index (χ4v) is 2.26. The lowest BCUT2D eigenvalue weighted by Crippen LogP contribution is -2.51. The van der Waals surface area contributed by atoms with Crippen LogP contribution in [-0.2, 0) is 14.2 Å². The maximum Gasteiger partial charge on any atom is 0.429 e. The first-order chi connectivity index (χ1) is 12.9. The van der Waals surface area contributed by atoms with Gasteiger partial charge in [-0.15, -0.1) is 0 Å². The summed E-state index contributed by atoms with van der Waals surface area (Å²) < 4.78 is 14.9. The molecule has 0 aromatic heterocycles. The van der Waals surface area contributed by atoms with Gasteiger partial charge in [-0.1, -0.05) is 11.6 Å². The number of nitrogens with zero attached hydrogens (tertiary/aromatic N) is 1. The van der Waals surface area contributed by atoms with Gasteiger partial charge in [0.2, 0.25) is 0 Å². The Morgan fingerprint density at radius 2 is 1.70 bits per heavy atom. The summed E-state index contributed by atoms with van der Waals surface area (Å²) in [7, 11) is 0. The molecular weight excluding hydrogens is 376 g/mol. The van der Waals surface area contributed by atoms with E-state index in [0.717, 1.165) is 5.01 Å². The smallest absolute Gasteiger partial charge is 0.429 e. The van der Waals surface area contributed by atoms with E-state index >= 15 is 0 Å². The summed E-state index contributed by atoms with van der Waals surface area (Å²) in [6.45, 7) is 5.59. The lowest BCUT2D eigenvalue weighted by molar-refractivity contribution is 0.0443. The summed E-state index contributed by atoms with van der Waals surface area (Å²) in [6, 6.07) is 6.00. The molecule has 1 atom stereocenters. The predicted molar refractivity (Wildman–Crippen MR) is 99.4 cm³/mol. The van der Waals surface area contributed by atoms with Crippen molar-refractivity contribution in [1.82, 2.24) is 10.4 Å². The van der Waals surface area contributed by atoms with Gasteiger partial charge in [0.25, 0.3) is 0 Å². The van der Waals surface area contributed by atoms with Gasteiger partial charge in [-0.3, -0.25) is 0 Å². The Bertz CT molecular complexity index is 623. The Labute approximate surface area is 163 Å². The number of ether oxygens (including phenoxy) is 3. The van der Waals surface area contributed by atoms with Crippen molar-refractivity contribution in [3.05, 3.63) is 34.9 Å². The van der Waals surface area contributed by atoms with E-state index in [9.17, 15) is 14.4 Å². The van der Waals surface area contributed by atoms with Crippen LogP contribution in [0.1, 0.15) is 44.0 Å². The molecule has 0 unspecified atom stereocenters. The highest BCUT2D eigenvalue weighted by atomic mass is 35.5. The zero-order chi connectivity index (χ0) is 20.2. The molecular formula is C18H25ClN2O6. The van der Waals surface area contributed by atoms with Crippen molar-refractivity contribution in [2.24, 2.45) is 0 Å². The third-order valence-electron chi connectivity index (χ3n) is 3.47. The fraction of sp³-hybridized carbons (Fsp3) is 0.500. The molecule has 1 N–H and O–H groups in total. The molecule has 8 nitrogen and oxygen atoms in total. The van der Waals surface area contributed by atoms with E-state index < -0.39 is 18.2 Å². The average molecular weight is 401 g/mol. The van der Waals surface area contributed by atoms with Gasteiger partial charge in [-0.25, -0.2) is 24.8 Å². The first-order valence-electron chi connectivity index (χ1n) is 8.71. The Balaban J connectivity index is 2.48. The van der Waals surface area contributed by atoms with Crippen molar-refractivity contribution >= 4 is 29.8 Å². The van der Waals surface area contributed by atoms with Crippen molar-refractivity contribution in [3.8, 4) is 0 Å². The summed E-state index contributed by atoms with van der Waals surface area (Å²) in [5.74, 6) is -0.453. The van der Waals surface area contributed by atoms with Gasteiger partial charge < -0.3 is 14.2 Å². The first kappa shape index (κ1) is 22.6. The summed E-state index contributed by atoms with van der Waals surface area (Å²) in [4.78, 5) is 35.5. The molecule has 0 heterocycles. The number of rotatable bonds is 8. The number of nitrogens with one attached hydrogen (secondary N) is 1. The molecule has 0 fully saturated rings. The Hall–Kier alpha value is -2.48. The lowest BCUT2D eigenvalue weighted by atomic mass is 10.2. The van der Waals surface area contributed by atoms with Gasteiger partial charge in [0.05, 0.1) is 31.4 Å². The molecule has 0 saturated heterocycles. The average Bonchev–Trinajstić information content (AvgIpc) is 2.63. The van der Waals surface area contributed by atoms with Gasteiger partial charge in [-0.2, -0.15) is 0 Å². The molecule has 0 spiro atoms. The molecule has 0 saturated carbocycles. The van der Waals surface area contributed by atoms with Crippen molar-refractivity contribution in [2.75, 3.05) is 19.8 Å². The standard InChI is InChI=1S/C18H25ClN2O6/c1-4-25-17(23)20-21(18(24)26-5-2)13(3)7-6-12-27-16(22)14-8-10-15(19)11-9-14/h8-11,13H,4-7,12H2,1-3H3,(H,20,23)/t13-/m1/s1. The number of hydrazine groups is 1. The molecule has 27 heavy (non-hydrogen) atoms. The quantitative estimate of drug-likeness (QED) is 0.309. The summed E-state index contributed by atoms with van der Waals surface area (Å²) >= 11 is 5.78. The van der Waals surface area contributed by atoms with E-state index in [-0.39, 0.29) is 25.9 Å². The summed E-state index contributed by atoms with van der Waals surface area (Å²) in [5, 5.41) is 1.61. The van der Waals surface area contributed by atoms with Gasteiger partial charge in [0.1, 0.15) is 0 Å². The van der Waals surface area contributed by atoms with Gasteiger partial charge in [0, 0.05) is 5.02 Å². The Morgan fingerprint density at radius 1 is 1.07 bits per heavy atom. The van der Waals surface area contributed by atoms with Crippen molar-refractivity contribution < 1.29 is 28.6 Å². The molecule has 1 aromatic carbocycles. The van der Waals surface area contributed by atoms with Crippen molar-refractivity contribution in [1.29, 1.82) is 0 Å². The van der Waals surface area contributed by atoms with Crippen LogP contribution in [0.25, 0.3) is 0 Å². The van der Waals surface area contributed by atoms with E-state index in [1.807, 2.05) is 0 Å². The second-order valence-electron chi connectivity index (χ2n) is 5.54. The highest BCUT2D eigenvalue weighted by Crippen LogP contribution is 2.11. The normalized spacial score (nSPS) is 11.3. The SMILES string of the molecule is CCOC(=O)NN(C(=O)OCC)[C@H](C)CCCOC(=O)c1ccc(Cl)cc1. The number of hydrogen-bond acceptors (Lipinski definition) is 6. The molecule has 0 bridgehead atoms. The number of esters is 1. The fourth-order valence-electron chi connectivity index (χ4n) is 2.13. The molecule has 150 valence electrons. The van der Waals surface area contributed by atoms with Crippen molar-refractivity contribution in [2.45, 2.75) is 39.7 Å². The predicted octanol–water partition coefficient (Wildman–Crippen LogP) is 3.79. The zero-order valence-corrected chi connectivity index (χ0v) is 16.5. The Kier molecular flexibility index (Phi) is 10.0. The van der Waals surface area contributed by atoms with Crippen LogP contribution in [0, 0.1) is 0 Å². The van der Waals surface area contributed by atoms with E-state index in [1.165, 1.54) is 0 Å². The Morgan fingerprint density at radius 3 is 2.30 bits per heavy atom. The number of halogens is 1. The molecule has 2 amide bonds. The number of carbonyl (C=O) groups is 3. The highest BCUT2D eigenvalue weighted by molar-refractivity contribution is 6.30. The largest absolute Gasteiger partial charge is 0.462 e. The van der Waals surface area contributed by atoms with E-state index in [0.29, 0.717) is 23.4 Å². The minimum absolute atomic E-state index is 0.169. The monoisotopic (exact) mass is 400 g/mol. The second-order valence-corrected chi connectivity index (χ2v) is 5.97. The molecule has 0 aliphatic heterocycles. The van der Waals surface area contributed by atoms with E-state index in [2.05, 4.69) is 5.43 Å². The van der Waals surface area contributed by atoms with Crippen LogP contribution in [-0.4, -0.2) is 49.0 Å². The first-order valence-corrected chi connectivity index (χ1v) is 9.08. The van der Waals surface area contributed by atoms with Crippen LogP contribution in [0.2, 0.25) is 5.02 Å². The maximum absolute atomic E-state index is 12.0. The summed E-state index contributed by atoms with van der Waals surface area (Å²) in [6.07, 6.45) is -0.470. The van der Waals surface area contributed by atoms with Crippen LogP contribution in [0.3, 0.4) is 0 Å². The van der Waals surface area contributed by atoms with E-state index in [1.54, 1.807) is 45.0 Å². The third-order valence-corrected chi connectivity index (χ3v) is 3.72. The topological polar surface area (TPSA) is 94.2 Å². The molecule has 1 aromatic rings. The van der Waals surface area contributed by atoms with Crippen LogP contribution < -0.4 is 5.43 Å². The van der Waals surface area contributed by atoms with Crippen LogP contribution in [0.4, 0.5) is 9.59 Å². The second kappa shape index (κ2) is 12.0. The molecule has 0 aliphatic rings. The molecule has 1 rings (SSSR count). The molecule has 0 radical (unpaired) electrons. The van der Waals surface area contributed by atoms with Gasteiger partial charge in [0.15, 0.2) is 0 Å². The number of carbonyl (C=O) groups excluding carboxylic acids is 3. The number of amides is 2.